The van der Waals surface area contributed by atoms with Crippen molar-refractivity contribution in [2.24, 2.45) is 5.92 Å². The Morgan fingerprint density at radius 3 is 2.75 bits per heavy atom. The smallest absolute Gasteiger partial charge is 0.150 e. The van der Waals surface area contributed by atoms with Gasteiger partial charge in [-0.3, -0.25) is 0 Å². The molecule has 0 saturated carbocycles. The first-order valence-electron chi connectivity index (χ1n) is 6.82. The third-order valence-electron chi connectivity index (χ3n) is 3.67. The van der Waals surface area contributed by atoms with Crippen molar-refractivity contribution < 1.29 is 8.42 Å². The molecule has 1 N–H and O–H groups in total. The zero-order chi connectivity index (χ0) is 14.8. The van der Waals surface area contributed by atoms with Gasteiger partial charge in [0.25, 0.3) is 0 Å². The summed E-state index contributed by atoms with van der Waals surface area (Å²) in [6.07, 6.45) is 1.65. The van der Waals surface area contributed by atoms with Crippen molar-refractivity contribution in [2.45, 2.75) is 25.8 Å². The molecular weight excluding hydrogens is 317 g/mol. The monoisotopic (exact) mass is 335 g/mol. The molecule has 0 bridgehead atoms. The molecule has 2 rings (SSSR count). The number of rotatable bonds is 5. The number of nitrogens with one attached hydrogen (secondary N) is 1. The molecule has 6 heteroatoms. The lowest BCUT2D eigenvalue weighted by molar-refractivity contribution is 0.393. The van der Waals surface area contributed by atoms with Gasteiger partial charge in [0.1, 0.15) is 0 Å². The van der Waals surface area contributed by atoms with Gasteiger partial charge in [-0.1, -0.05) is 42.3 Å². The molecule has 1 aliphatic rings. The van der Waals surface area contributed by atoms with E-state index in [-0.39, 0.29) is 23.5 Å². The number of benzene rings is 1. The van der Waals surface area contributed by atoms with Gasteiger partial charge in [0.15, 0.2) is 9.84 Å². The quantitative estimate of drug-likeness (QED) is 0.896. The van der Waals surface area contributed by atoms with Crippen LogP contribution < -0.4 is 5.32 Å². The zero-order valence-electron chi connectivity index (χ0n) is 11.4. The highest BCUT2D eigenvalue weighted by Gasteiger charge is 2.35. The number of sulfone groups is 1. The maximum atomic E-state index is 11.7. The summed E-state index contributed by atoms with van der Waals surface area (Å²) < 4.78 is 23.4. The minimum atomic E-state index is -2.91. The summed E-state index contributed by atoms with van der Waals surface area (Å²) in [5, 5.41) is 4.45. The molecule has 1 fully saturated rings. The Morgan fingerprint density at radius 1 is 1.40 bits per heavy atom. The second-order valence-electron chi connectivity index (χ2n) is 5.24. The molecule has 3 nitrogen and oxygen atoms in total. The Bertz CT molecular complexity index is 575. The van der Waals surface area contributed by atoms with Crippen molar-refractivity contribution in [1.82, 2.24) is 5.32 Å². The summed E-state index contributed by atoms with van der Waals surface area (Å²) in [4.78, 5) is 0. The zero-order valence-corrected chi connectivity index (χ0v) is 13.7. The normalized spacial score (nSPS) is 22.9. The number of hydrogen-bond acceptors (Lipinski definition) is 3. The minimum absolute atomic E-state index is 0.0570. The van der Waals surface area contributed by atoms with E-state index in [1.165, 1.54) is 0 Å². The van der Waals surface area contributed by atoms with Gasteiger partial charge in [0.2, 0.25) is 0 Å². The Labute approximate surface area is 130 Å². The highest BCUT2D eigenvalue weighted by Crippen LogP contribution is 2.37. The predicted molar refractivity (Wildman–Crippen MR) is 84.3 cm³/mol. The lowest BCUT2D eigenvalue weighted by Crippen LogP contribution is -2.30. The van der Waals surface area contributed by atoms with Gasteiger partial charge in [-0.15, -0.1) is 0 Å². The van der Waals surface area contributed by atoms with Crippen molar-refractivity contribution >= 4 is 33.0 Å². The molecule has 0 radical (unpaired) electrons. The Morgan fingerprint density at radius 2 is 2.15 bits per heavy atom. The molecule has 0 aliphatic carbocycles. The Hall–Kier alpha value is -0.290. The van der Waals surface area contributed by atoms with E-state index in [0.717, 1.165) is 18.5 Å². The van der Waals surface area contributed by atoms with E-state index in [4.69, 9.17) is 23.2 Å². The van der Waals surface area contributed by atoms with E-state index in [1.807, 2.05) is 12.1 Å². The predicted octanol–water partition coefficient (Wildman–Crippen LogP) is 3.47. The van der Waals surface area contributed by atoms with E-state index in [1.54, 1.807) is 6.07 Å². The molecule has 1 saturated heterocycles. The van der Waals surface area contributed by atoms with Gasteiger partial charge in [-0.2, -0.15) is 0 Å². The van der Waals surface area contributed by atoms with Crippen LogP contribution in [0.1, 0.15) is 31.4 Å². The molecule has 2 atom stereocenters. The highest BCUT2D eigenvalue weighted by molar-refractivity contribution is 7.91. The van der Waals surface area contributed by atoms with Crippen molar-refractivity contribution in [3.8, 4) is 0 Å². The summed E-state index contributed by atoms with van der Waals surface area (Å²) in [6.45, 7) is 2.90. The average molecular weight is 336 g/mol. The van der Waals surface area contributed by atoms with Gasteiger partial charge < -0.3 is 5.32 Å². The number of hydrogen-bond donors (Lipinski definition) is 1. The second kappa shape index (κ2) is 6.65. The van der Waals surface area contributed by atoms with Crippen LogP contribution in [0.5, 0.6) is 0 Å². The van der Waals surface area contributed by atoms with Crippen LogP contribution in [0.25, 0.3) is 0 Å². The fraction of sp³-hybridized carbons (Fsp3) is 0.571. The first-order chi connectivity index (χ1) is 9.44. The third kappa shape index (κ3) is 3.67. The first kappa shape index (κ1) is 16.1. The van der Waals surface area contributed by atoms with Crippen molar-refractivity contribution in [2.75, 3.05) is 18.1 Å². The van der Waals surface area contributed by atoms with E-state index in [9.17, 15) is 8.42 Å². The van der Waals surface area contributed by atoms with Crippen molar-refractivity contribution in [3.63, 3.8) is 0 Å². The van der Waals surface area contributed by atoms with E-state index in [2.05, 4.69) is 12.2 Å². The number of halogens is 2. The molecule has 1 aromatic rings. The average Bonchev–Trinajstić information content (AvgIpc) is 2.75. The standard InChI is InChI=1S/C14H19Cl2NO2S/c1-2-7-17-14(10-6-8-20(18,19)9-10)11-4-3-5-12(15)13(11)16/h3-5,10,14,17H,2,6-9H2,1H3. The first-order valence-corrected chi connectivity index (χ1v) is 9.40. The summed E-state index contributed by atoms with van der Waals surface area (Å²) in [5.74, 6) is 0.541. The van der Waals surface area contributed by atoms with Crippen LogP contribution in [0.3, 0.4) is 0 Å². The minimum Gasteiger partial charge on any atom is -0.310 e. The molecule has 20 heavy (non-hydrogen) atoms. The van der Waals surface area contributed by atoms with E-state index < -0.39 is 9.84 Å². The summed E-state index contributed by atoms with van der Waals surface area (Å²) in [5.41, 5.74) is 0.898. The maximum absolute atomic E-state index is 11.7. The lowest BCUT2D eigenvalue weighted by Gasteiger charge is -2.25. The molecule has 0 spiro atoms. The fourth-order valence-corrected chi connectivity index (χ4v) is 4.94. The molecule has 112 valence electrons. The topological polar surface area (TPSA) is 46.2 Å². The summed E-state index contributed by atoms with van der Waals surface area (Å²) in [6, 6.07) is 5.47. The summed E-state index contributed by atoms with van der Waals surface area (Å²) >= 11 is 12.4. The van der Waals surface area contributed by atoms with Gasteiger partial charge in [-0.05, 0) is 36.9 Å². The van der Waals surface area contributed by atoms with E-state index in [0.29, 0.717) is 16.5 Å². The van der Waals surface area contributed by atoms with Crippen LogP contribution in [-0.2, 0) is 9.84 Å². The van der Waals surface area contributed by atoms with Gasteiger partial charge in [0.05, 0.1) is 21.6 Å². The molecule has 2 unspecified atom stereocenters. The van der Waals surface area contributed by atoms with Crippen LogP contribution in [0, 0.1) is 5.92 Å². The molecule has 0 amide bonds. The highest BCUT2D eigenvalue weighted by atomic mass is 35.5. The van der Waals surface area contributed by atoms with Crippen LogP contribution in [0.4, 0.5) is 0 Å². The van der Waals surface area contributed by atoms with Crippen LogP contribution >= 0.6 is 23.2 Å². The largest absolute Gasteiger partial charge is 0.310 e. The van der Waals surface area contributed by atoms with Gasteiger partial charge >= 0.3 is 0 Å². The van der Waals surface area contributed by atoms with Crippen molar-refractivity contribution in [1.29, 1.82) is 0 Å². The third-order valence-corrected chi connectivity index (χ3v) is 6.30. The Kier molecular flexibility index (Phi) is 5.35. The molecule has 1 aromatic carbocycles. The molecular formula is C14H19Cl2NO2S. The van der Waals surface area contributed by atoms with Crippen LogP contribution in [0.2, 0.25) is 10.0 Å². The fourth-order valence-electron chi connectivity index (χ4n) is 2.68. The summed E-state index contributed by atoms with van der Waals surface area (Å²) in [7, 11) is -2.91. The molecule has 0 aromatic heterocycles. The van der Waals surface area contributed by atoms with Crippen LogP contribution in [-0.4, -0.2) is 26.5 Å². The van der Waals surface area contributed by atoms with Crippen molar-refractivity contribution in [3.05, 3.63) is 33.8 Å². The molecule has 1 heterocycles. The Balaban J connectivity index is 2.30. The van der Waals surface area contributed by atoms with Gasteiger partial charge in [-0.25, -0.2) is 8.42 Å². The molecule has 1 aliphatic heterocycles. The lowest BCUT2D eigenvalue weighted by atomic mass is 9.92. The maximum Gasteiger partial charge on any atom is 0.150 e. The SMILES string of the molecule is CCCNC(c1cccc(Cl)c1Cl)C1CCS(=O)(=O)C1. The van der Waals surface area contributed by atoms with E-state index >= 15 is 0 Å². The second-order valence-corrected chi connectivity index (χ2v) is 8.25. The van der Waals surface area contributed by atoms with Crippen LogP contribution in [0.15, 0.2) is 18.2 Å². The van der Waals surface area contributed by atoms with Gasteiger partial charge in [0, 0.05) is 6.04 Å².